The second-order valence-corrected chi connectivity index (χ2v) is 8.21. The van der Waals surface area contributed by atoms with Crippen molar-refractivity contribution < 1.29 is 13.0 Å². The highest BCUT2D eigenvalue weighted by molar-refractivity contribution is 7.22. The largest absolute Gasteiger partial charge is 0.618 e. The number of rotatable bonds is 2. The molecular weight excluding hydrogens is 294 g/mol. The summed E-state index contributed by atoms with van der Waals surface area (Å²) in [6.45, 7) is 0. The molecule has 16 heavy (non-hydrogen) atoms. The molecule has 0 spiro atoms. The molecule has 0 N–H and O–H groups in total. The van der Waals surface area contributed by atoms with E-state index >= 15 is 0 Å². The summed E-state index contributed by atoms with van der Waals surface area (Å²) in [6, 6.07) is 8.19. The quantitative estimate of drug-likeness (QED) is 0.737. The molecule has 0 aromatic heterocycles. The van der Waals surface area contributed by atoms with Gasteiger partial charge in [0, 0.05) is 6.07 Å². The van der Waals surface area contributed by atoms with Gasteiger partial charge in [-0.1, -0.05) is 0 Å². The standard InChI is InChI=1S/C8H9O2.Al.2ClH.Mg.H3OSi.2H/c1-9-7-4-3-5-8(6-7)10-2;;;;;1-2;;/h4-6H,1-2H3;;2*1H;;2H3;;/q;+1;;;+2;-1;;/p-2. The Balaban J connectivity index is 0. The molecule has 0 saturated carbocycles. The van der Waals surface area contributed by atoms with E-state index in [1.54, 1.807) is 32.4 Å². The van der Waals surface area contributed by atoms with E-state index in [0.29, 0.717) is 0 Å². The maximum Gasteiger partial charge on any atom is 0.618 e. The minimum Gasteiger partial charge on any atom is -0.557 e. The molecule has 0 saturated heterocycles. The van der Waals surface area contributed by atoms with Crippen molar-refractivity contribution >= 4 is 63.4 Å². The van der Waals surface area contributed by atoms with Crippen molar-refractivity contribution in [2.45, 2.75) is 0 Å². The van der Waals surface area contributed by atoms with E-state index in [-0.39, 0.29) is 0 Å². The Bertz CT molecular complexity index is 237. The maximum atomic E-state index is 4.95. The fraction of sp³-hybridized carbons (Fsp3) is 0.250. The van der Waals surface area contributed by atoms with Gasteiger partial charge >= 0.3 is 34.8 Å². The van der Waals surface area contributed by atoms with Gasteiger partial charge in [-0.2, -0.15) is 0 Å². The third-order valence-corrected chi connectivity index (χ3v) is 1.21. The number of ether oxygens (including phenoxy) is 2. The van der Waals surface area contributed by atoms with Crippen molar-refractivity contribution in [3.8, 4) is 11.5 Å². The highest BCUT2D eigenvalue weighted by atomic mass is 35.6. The van der Waals surface area contributed by atoms with Crippen LogP contribution in [-0.4, -0.2) is 59.5 Å². The van der Waals surface area contributed by atoms with Crippen LogP contribution in [0.25, 0.3) is 0 Å². The fourth-order valence-electron chi connectivity index (χ4n) is 0.665. The minimum absolute atomic E-state index is 0.639. The van der Waals surface area contributed by atoms with E-state index in [9.17, 15) is 0 Å². The molecule has 0 aliphatic rings. The molecule has 1 aromatic rings. The number of methoxy groups -OCH3 is 2. The molecule has 0 aliphatic carbocycles. The number of halogens is 2. The highest BCUT2D eigenvalue weighted by Crippen LogP contribution is 2.17. The van der Waals surface area contributed by atoms with Crippen LogP contribution in [0.15, 0.2) is 18.2 Å². The topological polar surface area (TPSA) is 27.7 Å². The van der Waals surface area contributed by atoms with Crippen LogP contribution in [0.4, 0.5) is 0 Å². The third kappa shape index (κ3) is 12.9. The Morgan fingerprint density at radius 1 is 1.25 bits per heavy atom. The lowest BCUT2D eigenvalue weighted by Gasteiger charge is -2.01. The Morgan fingerprint density at radius 2 is 1.56 bits per heavy atom. The maximum absolute atomic E-state index is 4.95. The molecule has 0 aliphatic heterocycles. The number of benzene rings is 1. The summed E-state index contributed by atoms with van der Waals surface area (Å²) in [5, 5.41) is 0. The Kier molecular flexibility index (Phi) is 19.1. The lowest BCUT2D eigenvalue weighted by molar-refractivity contribution is 0.394. The molecule has 0 bridgehead atoms. The van der Waals surface area contributed by atoms with Gasteiger partial charge in [-0.05, 0) is 18.2 Å². The normalized spacial score (nSPS) is 7.50. The molecule has 1 rings (SSSR count). The van der Waals surface area contributed by atoms with E-state index in [1.807, 2.05) is 0 Å². The van der Waals surface area contributed by atoms with E-state index in [2.05, 4.69) is 9.54 Å². The molecule has 0 atom stereocenters. The van der Waals surface area contributed by atoms with Crippen LogP contribution in [-0.2, 0) is 3.48 Å². The SMILES string of the molecule is COc1c[c]cc(OC)c1.[AlH2][O][SiH3].[Cl][Mg][Cl]. The van der Waals surface area contributed by atoms with Crippen LogP contribution in [0.1, 0.15) is 0 Å². The smallest absolute Gasteiger partial charge is 0.557 e. The zero-order valence-electron chi connectivity index (χ0n) is 9.92. The second-order valence-electron chi connectivity index (χ2n) is 2.32. The molecule has 0 amide bonds. The van der Waals surface area contributed by atoms with Gasteiger partial charge in [0.25, 0.3) is 0 Å². The zero-order chi connectivity index (χ0) is 12.8. The Morgan fingerprint density at radius 3 is 1.81 bits per heavy atom. The third-order valence-electron chi connectivity index (χ3n) is 1.21. The fourth-order valence-corrected chi connectivity index (χ4v) is 0.665. The molecule has 0 heterocycles. The molecule has 1 radical (unpaired) electrons. The summed E-state index contributed by atoms with van der Waals surface area (Å²) in [6.07, 6.45) is 0. The van der Waals surface area contributed by atoms with Crippen molar-refractivity contribution in [1.29, 1.82) is 0 Å². The summed E-state index contributed by atoms with van der Waals surface area (Å²) in [4.78, 5) is 0. The van der Waals surface area contributed by atoms with Crippen LogP contribution < -0.4 is 9.47 Å². The van der Waals surface area contributed by atoms with Crippen molar-refractivity contribution in [3.63, 3.8) is 0 Å². The van der Waals surface area contributed by atoms with E-state index in [4.69, 9.17) is 27.6 Å². The lowest BCUT2D eigenvalue weighted by Crippen LogP contribution is -1.85. The van der Waals surface area contributed by atoms with Crippen LogP contribution in [0.2, 0.25) is 0 Å². The Labute approximate surface area is 125 Å². The first-order valence-electron chi connectivity index (χ1n) is 4.31. The van der Waals surface area contributed by atoms with Crippen molar-refractivity contribution in [2.75, 3.05) is 14.2 Å². The molecule has 3 nitrogen and oxygen atoms in total. The second kappa shape index (κ2) is 15.9. The van der Waals surface area contributed by atoms with Gasteiger partial charge in [-0.15, -0.1) is 0 Å². The van der Waals surface area contributed by atoms with E-state index in [0.717, 1.165) is 38.6 Å². The molecule has 0 fully saturated rings. The summed E-state index contributed by atoms with van der Waals surface area (Å²) < 4.78 is 14.4. The monoisotopic (exact) mass is 307 g/mol. The molecular formula is C8H14AlCl2MgO3Si. The predicted octanol–water partition coefficient (Wildman–Crippen LogP) is 0.334. The highest BCUT2D eigenvalue weighted by Gasteiger charge is 1.92. The van der Waals surface area contributed by atoms with Crippen LogP contribution >= 0.6 is 18.1 Å². The first-order chi connectivity index (χ1) is 7.69. The first kappa shape index (κ1) is 19.2. The Hall–Kier alpha value is 0.876. The summed E-state index contributed by atoms with van der Waals surface area (Å²) in [5.41, 5.74) is 0. The zero-order valence-corrected chi connectivity index (χ0v) is 16.8. The number of hydrogen-bond donors (Lipinski definition) is 0. The van der Waals surface area contributed by atoms with Crippen molar-refractivity contribution in [1.82, 2.24) is 0 Å². The average molecular weight is 308 g/mol. The van der Waals surface area contributed by atoms with Gasteiger partial charge in [0.15, 0.2) is 0 Å². The summed E-state index contributed by atoms with van der Waals surface area (Å²) >= 11 is 0.292. The van der Waals surface area contributed by atoms with Gasteiger partial charge in [-0.25, -0.2) is 0 Å². The van der Waals surface area contributed by atoms with Gasteiger partial charge in [0.2, 0.25) is 0 Å². The molecule has 1 aromatic carbocycles. The van der Waals surface area contributed by atoms with Crippen molar-refractivity contribution in [3.05, 3.63) is 24.3 Å². The van der Waals surface area contributed by atoms with Crippen LogP contribution in [0.3, 0.4) is 0 Å². The van der Waals surface area contributed by atoms with Gasteiger partial charge in [0.05, 0.1) is 14.2 Å². The average Bonchev–Trinajstić information content (AvgIpc) is 2.31. The van der Waals surface area contributed by atoms with Crippen molar-refractivity contribution in [2.24, 2.45) is 0 Å². The molecule has 0 unspecified atom stereocenters. The lowest BCUT2D eigenvalue weighted by atomic mass is 10.3. The van der Waals surface area contributed by atoms with E-state index in [1.165, 1.54) is 0 Å². The van der Waals surface area contributed by atoms with Gasteiger partial charge in [-0.3, -0.25) is 0 Å². The van der Waals surface area contributed by atoms with Gasteiger partial charge < -0.3 is 31.1 Å². The summed E-state index contributed by atoms with van der Waals surface area (Å²) in [7, 11) is 14.0. The van der Waals surface area contributed by atoms with E-state index < -0.39 is 18.2 Å². The minimum atomic E-state index is -0.639. The summed E-state index contributed by atoms with van der Waals surface area (Å²) in [5.74, 6) is 1.53. The van der Waals surface area contributed by atoms with Gasteiger partial charge in [0.1, 0.15) is 22.0 Å². The molecule has 8 heteroatoms. The van der Waals surface area contributed by atoms with Crippen LogP contribution in [0.5, 0.6) is 11.5 Å². The van der Waals surface area contributed by atoms with Crippen LogP contribution in [0, 0.1) is 6.07 Å². The number of hydrogen-bond acceptors (Lipinski definition) is 3. The molecule has 87 valence electrons. The first-order valence-corrected chi connectivity index (χ1v) is 10.2. The predicted molar refractivity (Wildman–Crippen MR) is 75.4 cm³/mol.